The normalized spacial score (nSPS) is 13.7. The maximum Gasteiger partial charge on any atom is 0.117 e. The van der Waals surface area contributed by atoms with Gasteiger partial charge in [-0.05, 0) is 66.1 Å². The fraction of sp³-hybridized carbons (Fsp3) is 0.0652. The van der Waals surface area contributed by atoms with Gasteiger partial charge in [0.1, 0.15) is 5.69 Å². The lowest BCUT2D eigenvalue weighted by Gasteiger charge is -2.21. The maximum atomic E-state index is 5.24. The Balaban J connectivity index is 1.18. The molecule has 248 valence electrons. The van der Waals surface area contributed by atoms with Gasteiger partial charge in [0, 0.05) is 52.6 Å². The van der Waals surface area contributed by atoms with E-state index in [2.05, 4.69) is 115 Å². The molecule has 8 aromatic rings. The monoisotopic (exact) mass is 670 g/mol. The molecule has 0 saturated carbocycles. The van der Waals surface area contributed by atoms with Crippen molar-refractivity contribution in [2.75, 3.05) is 0 Å². The van der Waals surface area contributed by atoms with Gasteiger partial charge in [0.15, 0.2) is 0 Å². The molecule has 1 aliphatic carbocycles. The van der Waals surface area contributed by atoms with Gasteiger partial charge >= 0.3 is 0 Å². The van der Waals surface area contributed by atoms with Crippen molar-refractivity contribution in [2.45, 2.75) is 19.3 Å². The van der Waals surface area contributed by atoms with Crippen LogP contribution in [-0.4, -0.2) is 29.9 Å². The summed E-state index contributed by atoms with van der Waals surface area (Å²) in [5.41, 5.74) is 15.0. The molecule has 52 heavy (non-hydrogen) atoms. The third kappa shape index (κ3) is 6.22. The van der Waals surface area contributed by atoms with Gasteiger partial charge in [-0.2, -0.15) is 9.90 Å². The molecule has 1 aliphatic rings. The minimum atomic E-state index is 0.0776. The lowest BCUT2D eigenvalue weighted by Crippen LogP contribution is -2.10. The second-order valence-electron chi connectivity index (χ2n) is 13.1. The number of rotatable bonds is 7. The zero-order valence-electron chi connectivity index (χ0n) is 28.6. The lowest BCUT2D eigenvalue weighted by molar-refractivity contribution is 0.724. The van der Waals surface area contributed by atoms with Crippen molar-refractivity contribution in [3.8, 4) is 50.7 Å². The fourth-order valence-electron chi connectivity index (χ4n) is 6.89. The number of hydrogen-bond donors (Lipinski definition) is 0. The molecule has 4 aromatic carbocycles. The second-order valence-corrected chi connectivity index (χ2v) is 13.1. The predicted octanol–water partition coefficient (Wildman–Crippen LogP) is 10.2. The van der Waals surface area contributed by atoms with Crippen LogP contribution in [0.1, 0.15) is 34.0 Å². The Morgan fingerprint density at radius 1 is 0.538 bits per heavy atom. The van der Waals surface area contributed by atoms with Crippen molar-refractivity contribution < 1.29 is 0 Å². The molecule has 6 nitrogen and oxygen atoms in total. The Morgan fingerprint density at radius 3 is 1.88 bits per heavy atom. The first-order chi connectivity index (χ1) is 25.6. The van der Waals surface area contributed by atoms with E-state index in [0.717, 1.165) is 78.8 Å². The highest BCUT2D eigenvalue weighted by molar-refractivity contribution is 5.83. The molecule has 0 N–H and O–H groups in total. The van der Waals surface area contributed by atoms with Gasteiger partial charge in [-0.25, -0.2) is 4.98 Å². The van der Waals surface area contributed by atoms with E-state index in [0.29, 0.717) is 6.42 Å². The molecular weight excluding hydrogens is 637 g/mol. The highest BCUT2D eigenvalue weighted by atomic mass is 15.5. The van der Waals surface area contributed by atoms with Crippen molar-refractivity contribution in [3.63, 3.8) is 0 Å². The summed E-state index contributed by atoms with van der Waals surface area (Å²) in [4.78, 5) is 16.2. The Bertz CT molecular complexity index is 2480. The first-order valence-electron chi connectivity index (χ1n) is 17.5. The number of benzene rings is 4. The Labute approximate surface area is 302 Å². The van der Waals surface area contributed by atoms with Crippen LogP contribution in [0.25, 0.3) is 56.3 Å². The van der Waals surface area contributed by atoms with Crippen molar-refractivity contribution in [1.29, 1.82) is 0 Å². The molecule has 0 fully saturated rings. The van der Waals surface area contributed by atoms with Crippen LogP contribution < -0.4 is 0 Å². The number of pyridine rings is 3. The lowest BCUT2D eigenvalue weighted by atomic mass is 9.83. The number of aromatic nitrogens is 6. The van der Waals surface area contributed by atoms with Crippen LogP contribution in [0, 0.1) is 6.92 Å². The molecule has 9 rings (SSSR count). The number of aryl methyl sites for hydroxylation is 1. The van der Waals surface area contributed by atoms with E-state index in [9.17, 15) is 0 Å². The highest BCUT2D eigenvalue weighted by Crippen LogP contribution is 2.39. The van der Waals surface area contributed by atoms with Crippen LogP contribution in [0.2, 0.25) is 0 Å². The van der Waals surface area contributed by atoms with Gasteiger partial charge in [-0.1, -0.05) is 115 Å². The third-order valence-electron chi connectivity index (χ3n) is 9.56. The van der Waals surface area contributed by atoms with Gasteiger partial charge in [0.05, 0.1) is 34.2 Å². The van der Waals surface area contributed by atoms with Crippen LogP contribution in [-0.2, 0) is 6.42 Å². The Kier molecular flexibility index (Phi) is 8.10. The van der Waals surface area contributed by atoms with E-state index in [4.69, 9.17) is 20.2 Å². The molecule has 4 aromatic heterocycles. The van der Waals surface area contributed by atoms with Gasteiger partial charge in [-0.3, -0.25) is 9.97 Å². The molecule has 0 amide bonds. The largest absolute Gasteiger partial charge is 0.256 e. The molecule has 1 atom stereocenters. The summed E-state index contributed by atoms with van der Waals surface area (Å²) < 4.78 is 0. The Morgan fingerprint density at radius 2 is 1.19 bits per heavy atom. The highest BCUT2D eigenvalue weighted by Gasteiger charge is 2.28. The predicted molar refractivity (Wildman–Crippen MR) is 208 cm³/mol. The van der Waals surface area contributed by atoms with Crippen molar-refractivity contribution in [1.82, 2.24) is 29.9 Å². The molecular formula is C46H34N6. The average Bonchev–Trinajstić information content (AvgIpc) is 3.66. The van der Waals surface area contributed by atoms with Gasteiger partial charge in [0.25, 0.3) is 0 Å². The first kappa shape index (κ1) is 31.2. The number of allylic oxidation sites excluding steroid dienone is 1. The minimum Gasteiger partial charge on any atom is -0.256 e. The molecule has 0 saturated heterocycles. The zero-order valence-corrected chi connectivity index (χ0v) is 28.6. The zero-order chi connectivity index (χ0) is 34.9. The summed E-state index contributed by atoms with van der Waals surface area (Å²) in [6.45, 7) is 2.06. The van der Waals surface area contributed by atoms with E-state index in [-0.39, 0.29) is 5.92 Å². The molecule has 0 aliphatic heterocycles. The topological polar surface area (TPSA) is 69.4 Å². The van der Waals surface area contributed by atoms with Crippen molar-refractivity contribution in [3.05, 3.63) is 198 Å². The van der Waals surface area contributed by atoms with E-state index in [1.54, 1.807) is 4.80 Å². The molecule has 0 radical (unpaired) electrons. The summed E-state index contributed by atoms with van der Waals surface area (Å²) in [5.74, 6) is 0.0776. The van der Waals surface area contributed by atoms with Gasteiger partial charge in [-0.15, -0.1) is 5.10 Å². The molecule has 0 bridgehead atoms. The summed E-state index contributed by atoms with van der Waals surface area (Å²) in [7, 11) is 0. The van der Waals surface area contributed by atoms with E-state index in [1.165, 1.54) is 5.56 Å². The van der Waals surface area contributed by atoms with Crippen molar-refractivity contribution >= 4 is 5.57 Å². The quantitative estimate of drug-likeness (QED) is 0.169. The molecule has 4 heterocycles. The van der Waals surface area contributed by atoms with Gasteiger partial charge in [0.2, 0.25) is 0 Å². The minimum absolute atomic E-state index is 0.0776. The summed E-state index contributed by atoms with van der Waals surface area (Å²) in [6, 6.07) is 52.2. The fourth-order valence-corrected chi connectivity index (χ4v) is 6.89. The van der Waals surface area contributed by atoms with Gasteiger partial charge < -0.3 is 0 Å². The second kappa shape index (κ2) is 13.5. The standard InChI is InChI=1S/C46H34N6/c1-31-21-22-42(48-30-31)36-18-10-16-34(24-36)38-26-40(35-17-11-19-37(25-35)41-20-8-9-23-47-41)46-45(27-38)50-52(51-46)39-28-43(32-12-4-2-5-13-32)49-44(29-39)33-14-6-3-7-15-33/h2-26,28-30,38H,27H2,1H3. The molecule has 6 heteroatoms. The van der Waals surface area contributed by atoms with Crippen LogP contribution in [0.4, 0.5) is 0 Å². The van der Waals surface area contributed by atoms with E-state index in [1.807, 2.05) is 67.0 Å². The smallest absolute Gasteiger partial charge is 0.117 e. The third-order valence-corrected chi connectivity index (χ3v) is 9.56. The number of nitrogens with zero attached hydrogens (tertiary/aromatic N) is 6. The van der Waals surface area contributed by atoms with E-state index < -0.39 is 0 Å². The maximum absolute atomic E-state index is 5.24. The van der Waals surface area contributed by atoms with Crippen molar-refractivity contribution in [2.24, 2.45) is 0 Å². The van der Waals surface area contributed by atoms with Crippen LogP contribution in [0.3, 0.4) is 0 Å². The van der Waals surface area contributed by atoms with Crippen LogP contribution in [0.5, 0.6) is 0 Å². The van der Waals surface area contributed by atoms with E-state index >= 15 is 0 Å². The summed E-state index contributed by atoms with van der Waals surface area (Å²) >= 11 is 0. The molecule has 0 spiro atoms. The van der Waals surface area contributed by atoms with Crippen LogP contribution in [0.15, 0.2) is 170 Å². The number of hydrogen-bond acceptors (Lipinski definition) is 5. The SMILES string of the molecule is Cc1ccc(-c2cccc(C3C=C(c4cccc(-c5ccccn5)c4)c4nn(-c5cc(-c6ccccc6)nc(-c6ccccc6)c5)nc4C3)c2)nc1. The number of fused-ring (bicyclic) bond motifs is 1. The Hall–Kier alpha value is -6.79. The average molecular weight is 671 g/mol. The first-order valence-corrected chi connectivity index (χ1v) is 17.5. The summed E-state index contributed by atoms with van der Waals surface area (Å²) in [5, 5.41) is 10.5. The summed E-state index contributed by atoms with van der Waals surface area (Å²) in [6.07, 6.45) is 6.83. The molecule has 1 unspecified atom stereocenters. The van der Waals surface area contributed by atoms with Crippen LogP contribution >= 0.6 is 0 Å².